The standard InChI is InChI=1S/C19H25NO3/c1-5-13(2)23-15-8-6-14(7-9-15)20-12-16-17(21)10-19(3,4)11-18(16)22/h6-9,12-13,21H,5,10-11H2,1-4H3. The van der Waals surface area contributed by atoms with E-state index in [0.717, 1.165) is 17.9 Å². The molecule has 2 rings (SSSR count). The summed E-state index contributed by atoms with van der Waals surface area (Å²) in [6.45, 7) is 8.06. The maximum atomic E-state index is 12.1. The summed E-state index contributed by atoms with van der Waals surface area (Å²) in [6.07, 6.45) is 3.53. The zero-order chi connectivity index (χ0) is 17.0. The lowest BCUT2D eigenvalue weighted by Crippen LogP contribution is -2.26. The van der Waals surface area contributed by atoms with Crippen molar-refractivity contribution < 1.29 is 14.6 Å². The van der Waals surface area contributed by atoms with Crippen LogP contribution in [-0.2, 0) is 4.79 Å². The van der Waals surface area contributed by atoms with Crippen LogP contribution < -0.4 is 4.74 Å². The maximum absolute atomic E-state index is 12.1. The van der Waals surface area contributed by atoms with Gasteiger partial charge in [-0.15, -0.1) is 0 Å². The average Bonchev–Trinajstić information content (AvgIpc) is 2.46. The second-order valence-corrected chi connectivity index (χ2v) is 6.89. The number of hydrogen-bond acceptors (Lipinski definition) is 4. The molecule has 0 saturated heterocycles. The fraction of sp³-hybridized carbons (Fsp3) is 0.474. The quantitative estimate of drug-likeness (QED) is 0.796. The van der Waals surface area contributed by atoms with Crippen LogP contribution in [0.1, 0.15) is 47.0 Å². The number of carbonyl (C=O) groups is 1. The van der Waals surface area contributed by atoms with E-state index in [1.54, 1.807) is 0 Å². The smallest absolute Gasteiger partial charge is 0.168 e. The number of ether oxygens (including phenoxy) is 1. The summed E-state index contributed by atoms with van der Waals surface area (Å²) in [5.41, 5.74) is 0.858. The molecule has 1 aliphatic rings. The van der Waals surface area contributed by atoms with Crippen molar-refractivity contribution in [3.05, 3.63) is 35.6 Å². The third kappa shape index (κ3) is 4.68. The first-order chi connectivity index (χ1) is 10.8. The second kappa shape index (κ2) is 6.99. The van der Waals surface area contributed by atoms with Gasteiger partial charge in [0.25, 0.3) is 0 Å². The highest BCUT2D eigenvalue weighted by Gasteiger charge is 2.32. The number of aliphatic hydroxyl groups excluding tert-OH is 1. The lowest BCUT2D eigenvalue weighted by molar-refractivity contribution is -0.117. The topological polar surface area (TPSA) is 58.9 Å². The monoisotopic (exact) mass is 315 g/mol. The highest BCUT2D eigenvalue weighted by atomic mass is 16.5. The molecule has 1 aromatic rings. The SMILES string of the molecule is CCC(C)Oc1ccc(N=CC2=C(O)CC(C)(C)CC2=O)cc1. The molecule has 0 heterocycles. The van der Waals surface area contributed by atoms with Gasteiger partial charge in [-0.05, 0) is 43.0 Å². The molecular formula is C19H25NO3. The second-order valence-electron chi connectivity index (χ2n) is 6.89. The molecule has 0 radical (unpaired) electrons. The lowest BCUT2D eigenvalue weighted by atomic mass is 9.77. The van der Waals surface area contributed by atoms with Crippen LogP contribution >= 0.6 is 0 Å². The van der Waals surface area contributed by atoms with E-state index in [2.05, 4.69) is 11.9 Å². The Hall–Kier alpha value is -2.10. The molecule has 1 N–H and O–H groups in total. The van der Waals surface area contributed by atoms with Gasteiger partial charge in [-0.3, -0.25) is 9.79 Å². The minimum Gasteiger partial charge on any atom is -0.511 e. The number of carbonyl (C=O) groups excluding carboxylic acids is 1. The highest BCUT2D eigenvalue weighted by Crippen LogP contribution is 2.35. The third-order valence-electron chi connectivity index (χ3n) is 3.99. The predicted molar refractivity (Wildman–Crippen MR) is 92.7 cm³/mol. The zero-order valence-corrected chi connectivity index (χ0v) is 14.3. The molecule has 0 aliphatic heterocycles. The Labute approximate surface area is 137 Å². The predicted octanol–water partition coefficient (Wildman–Crippen LogP) is 4.77. The summed E-state index contributed by atoms with van der Waals surface area (Å²) < 4.78 is 5.71. The third-order valence-corrected chi connectivity index (χ3v) is 3.99. The van der Waals surface area contributed by atoms with Crippen LogP contribution in [0, 0.1) is 5.41 Å². The number of aliphatic hydroxyl groups is 1. The number of ketones is 1. The van der Waals surface area contributed by atoms with Crippen molar-refractivity contribution in [3.63, 3.8) is 0 Å². The highest BCUT2D eigenvalue weighted by molar-refractivity contribution is 6.14. The fourth-order valence-corrected chi connectivity index (χ4v) is 2.51. The fourth-order valence-electron chi connectivity index (χ4n) is 2.51. The normalized spacial score (nSPS) is 19.2. The van der Waals surface area contributed by atoms with Gasteiger partial charge in [-0.25, -0.2) is 0 Å². The molecule has 0 fully saturated rings. The van der Waals surface area contributed by atoms with E-state index in [1.807, 2.05) is 45.0 Å². The van der Waals surface area contributed by atoms with Gasteiger partial charge in [-0.1, -0.05) is 20.8 Å². The molecule has 0 saturated carbocycles. The Balaban J connectivity index is 2.10. The van der Waals surface area contributed by atoms with Crippen LogP contribution in [0.4, 0.5) is 5.69 Å². The number of nitrogens with zero attached hydrogens (tertiary/aromatic N) is 1. The average molecular weight is 315 g/mol. The van der Waals surface area contributed by atoms with Gasteiger partial charge < -0.3 is 9.84 Å². The van der Waals surface area contributed by atoms with Gasteiger partial charge in [0.05, 0.1) is 17.4 Å². The van der Waals surface area contributed by atoms with Crippen LogP contribution in [0.2, 0.25) is 0 Å². The molecular weight excluding hydrogens is 290 g/mol. The Morgan fingerprint density at radius 3 is 2.52 bits per heavy atom. The first kappa shape index (κ1) is 17.3. The summed E-state index contributed by atoms with van der Waals surface area (Å²) >= 11 is 0. The van der Waals surface area contributed by atoms with E-state index in [-0.39, 0.29) is 23.1 Å². The Morgan fingerprint density at radius 1 is 1.30 bits per heavy atom. The minimum absolute atomic E-state index is 0.0563. The first-order valence-corrected chi connectivity index (χ1v) is 8.07. The summed E-state index contributed by atoms with van der Waals surface area (Å²) in [5, 5.41) is 10.1. The molecule has 1 unspecified atom stereocenters. The van der Waals surface area contributed by atoms with Gasteiger partial charge in [0.1, 0.15) is 11.5 Å². The van der Waals surface area contributed by atoms with Crippen molar-refractivity contribution in [2.45, 2.75) is 53.1 Å². The van der Waals surface area contributed by atoms with Gasteiger partial charge in [0.2, 0.25) is 0 Å². The Kier molecular flexibility index (Phi) is 5.24. The molecule has 0 amide bonds. The molecule has 124 valence electrons. The summed E-state index contributed by atoms with van der Waals surface area (Å²) in [4.78, 5) is 16.4. The molecule has 23 heavy (non-hydrogen) atoms. The van der Waals surface area contributed by atoms with E-state index < -0.39 is 0 Å². The molecule has 1 aromatic carbocycles. The van der Waals surface area contributed by atoms with E-state index in [9.17, 15) is 9.90 Å². The van der Waals surface area contributed by atoms with Gasteiger partial charge in [0, 0.05) is 19.1 Å². The first-order valence-electron chi connectivity index (χ1n) is 8.07. The van der Waals surface area contributed by atoms with E-state index in [4.69, 9.17) is 4.74 Å². The summed E-state index contributed by atoms with van der Waals surface area (Å²) in [7, 11) is 0. The van der Waals surface area contributed by atoms with Gasteiger partial charge in [0.15, 0.2) is 5.78 Å². The minimum atomic E-state index is -0.187. The largest absolute Gasteiger partial charge is 0.511 e. The molecule has 0 spiro atoms. The molecule has 0 aromatic heterocycles. The summed E-state index contributed by atoms with van der Waals surface area (Å²) in [6, 6.07) is 7.39. The van der Waals surface area contributed by atoms with Crippen molar-refractivity contribution in [1.82, 2.24) is 0 Å². The maximum Gasteiger partial charge on any atom is 0.168 e. The van der Waals surface area contributed by atoms with Gasteiger partial charge >= 0.3 is 0 Å². The van der Waals surface area contributed by atoms with Crippen LogP contribution in [0.3, 0.4) is 0 Å². The van der Waals surface area contributed by atoms with Gasteiger partial charge in [-0.2, -0.15) is 0 Å². The van der Waals surface area contributed by atoms with E-state index in [0.29, 0.717) is 18.4 Å². The molecule has 4 heteroatoms. The van der Waals surface area contributed by atoms with Crippen molar-refractivity contribution in [1.29, 1.82) is 0 Å². The molecule has 4 nitrogen and oxygen atoms in total. The molecule has 1 atom stereocenters. The number of rotatable bonds is 5. The molecule has 0 bridgehead atoms. The van der Waals surface area contributed by atoms with Crippen LogP contribution in [0.5, 0.6) is 5.75 Å². The van der Waals surface area contributed by atoms with Crippen LogP contribution in [0.15, 0.2) is 40.6 Å². The van der Waals surface area contributed by atoms with Crippen molar-refractivity contribution >= 4 is 17.7 Å². The Bertz CT molecular complexity index is 627. The van der Waals surface area contributed by atoms with E-state index >= 15 is 0 Å². The van der Waals surface area contributed by atoms with E-state index in [1.165, 1.54) is 6.21 Å². The van der Waals surface area contributed by atoms with Crippen molar-refractivity contribution in [2.24, 2.45) is 10.4 Å². The number of allylic oxidation sites excluding steroid dienone is 2. The van der Waals surface area contributed by atoms with Crippen LogP contribution in [-0.4, -0.2) is 23.2 Å². The number of hydrogen-bond donors (Lipinski definition) is 1. The lowest BCUT2D eigenvalue weighted by Gasteiger charge is -2.28. The number of aliphatic imine (C=N–C) groups is 1. The van der Waals surface area contributed by atoms with Crippen molar-refractivity contribution in [2.75, 3.05) is 0 Å². The zero-order valence-electron chi connectivity index (χ0n) is 14.3. The molecule has 1 aliphatic carbocycles. The summed E-state index contributed by atoms with van der Waals surface area (Å²) in [5.74, 6) is 0.877. The van der Waals surface area contributed by atoms with Crippen LogP contribution in [0.25, 0.3) is 0 Å². The van der Waals surface area contributed by atoms with Crippen molar-refractivity contribution in [3.8, 4) is 5.75 Å². The Morgan fingerprint density at radius 2 is 1.96 bits per heavy atom. The number of benzene rings is 1. The number of Topliss-reactive ketones (excluding diaryl/α,β-unsaturated/α-hetero) is 1.